The molecule has 0 radical (unpaired) electrons. The Morgan fingerprint density at radius 2 is 1.89 bits per heavy atom. The molecule has 2 saturated heterocycles. The predicted molar refractivity (Wildman–Crippen MR) is 105 cm³/mol. The fourth-order valence-electron chi connectivity index (χ4n) is 3.41. The zero-order valence-corrected chi connectivity index (χ0v) is 19.2. The second-order valence-electron chi connectivity index (χ2n) is 8.15. The molecular weight excluding hydrogens is 407 g/mol. The van der Waals surface area contributed by atoms with E-state index in [9.17, 15) is 14.6 Å². The molecule has 2 aliphatic rings. The summed E-state index contributed by atoms with van der Waals surface area (Å²) in [6.07, 6.45) is -0.893. The van der Waals surface area contributed by atoms with E-state index in [0.29, 0.717) is 11.4 Å². The lowest BCUT2D eigenvalue weighted by atomic mass is 10.1. The Hall–Kier alpha value is 0.300. The minimum absolute atomic E-state index is 0.0173. The van der Waals surface area contributed by atoms with Crippen molar-refractivity contribution in [2.24, 2.45) is 0 Å². The Kier molecular flexibility index (Phi) is 8.84. The summed E-state index contributed by atoms with van der Waals surface area (Å²) < 4.78 is 40.5. The Morgan fingerprint density at radius 3 is 2.50 bits per heavy atom. The summed E-state index contributed by atoms with van der Waals surface area (Å²) in [5.41, 5.74) is 0. The van der Waals surface area contributed by atoms with Crippen LogP contribution in [0, 0.1) is 0 Å². The highest BCUT2D eigenvalue weighted by Crippen LogP contribution is 2.55. The lowest BCUT2D eigenvalue weighted by Gasteiger charge is -2.34. The van der Waals surface area contributed by atoms with Crippen molar-refractivity contribution < 1.29 is 38.0 Å². The smallest absolute Gasteiger partial charge is 0.217 e. The third kappa shape index (κ3) is 7.22. The summed E-state index contributed by atoms with van der Waals surface area (Å²) in [4.78, 5) is 12.6. The van der Waals surface area contributed by atoms with Crippen LogP contribution in [0.5, 0.6) is 0 Å². The van der Waals surface area contributed by atoms with Gasteiger partial charge >= 0.3 is 0 Å². The van der Waals surface area contributed by atoms with Crippen molar-refractivity contribution in [1.82, 2.24) is 0 Å². The second kappa shape index (κ2) is 10.1. The first kappa shape index (κ1) is 24.6. The van der Waals surface area contributed by atoms with Gasteiger partial charge in [-0.05, 0) is 41.5 Å². The molecule has 0 aromatic carbocycles. The number of rotatable bonds is 10. The molecule has 7 unspecified atom stereocenters. The van der Waals surface area contributed by atoms with E-state index >= 15 is 0 Å². The van der Waals surface area contributed by atoms with Gasteiger partial charge in [-0.2, -0.15) is 0 Å². The maximum Gasteiger partial charge on any atom is 0.217 e. The third-order valence-electron chi connectivity index (χ3n) is 4.56. The van der Waals surface area contributed by atoms with E-state index in [0.717, 1.165) is 6.42 Å². The van der Waals surface area contributed by atoms with Crippen LogP contribution in [0.4, 0.5) is 0 Å². The number of hydrogen-bond acceptors (Lipinski definition) is 9. The highest BCUT2D eigenvalue weighted by molar-refractivity contribution is 8.54. The van der Waals surface area contributed by atoms with Crippen LogP contribution in [-0.4, -0.2) is 66.0 Å². The quantitative estimate of drug-likeness (QED) is 0.512. The van der Waals surface area contributed by atoms with Crippen LogP contribution < -0.4 is 4.89 Å². The van der Waals surface area contributed by atoms with E-state index < -0.39 is 18.7 Å². The Balaban J connectivity index is 1.93. The first-order valence-corrected chi connectivity index (χ1v) is 13.0. The SMILES string of the molecule is CC(C)OCC1(O)OC(C)CC1OP(=O)([O-])SCC1OC(C)CC1OC(C)C. The largest absolute Gasteiger partial charge is 0.770 e. The van der Waals surface area contributed by atoms with E-state index in [2.05, 4.69) is 0 Å². The molecule has 2 heterocycles. The van der Waals surface area contributed by atoms with E-state index in [1.165, 1.54) is 0 Å². The molecule has 1 N–H and O–H groups in total. The number of hydrogen-bond donors (Lipinski definition) is 1. The van der Waals surface area contributed by atoms with Crippen LogP contribution >= 0.6 is 18.2 Å². The maximum absolute atomic E-state index is 12.6. The van der Waals surface area contributed by atoms with E-state index in [1.807, 2.05) is 34.6 Å². The molecule has 2 rings (SSSR count). The van der Waals surface area contributed by atoms with Crippen molar-refractivity contribution in [3.05, 3.63) is 0 Å². The van der Waals surface area contributed by atoms with Gasteiger partial charge in [0.15, 0.2) is 6.80 Å². The molecule has 0 aromatic heterocycles. The highest BCUT2D eigenvalue weighted by atomic mass is 32.7. The zero-order chi connectivity index (χ0) is 21.1. The van der Waals surface area contributed by atoms with Gasteiger partial charge in [0.1, 0.15) is 12.7 Å². The van der Waals surface area contributed by atoms with Crippen LogP contribution in [0.2, 0.25) is 0 Å². The van der Waals surface area contributed by atoms with Gasteiger partial charge in [-0.15, -0.1) is 0 Å². The first-order chi connectivity index (χ1) is 12.9. The van der Waals surface area contributed by atoms with Gasteiger partial charge in [0.2, 0.25) is 5.79 Å². The number of ether oxygens (including phenoxy) is 4. The summed E-state index contributed by atoms with van der Waals surface area (Å²) in [7, 11) is 0. The molecule has 2 fully saturated rings. The summed E-state index contributed by atoms with van der Waals surface area (Å²) in [5.74, 6) is -1.58. The van der Waals surface area contributed by atoms with E-state index in [-0.39, 0.29) is 55.4 Å². The molecular formula is C18H34O8PS-. The van der Waals surface area contributed by atoms with Gasteiger partial charge in [0.25, 0.3) is 0 Å². The topological polar surface area (TPSA) is 107 Å². The molecule has 10 heteroatoms. The number of aliphatic hydroxyl groups is 1. The van der Waals surface area contributed by atoms with Crippen LogP contribution in [0.15, 0.2) is 0 Å². The maximum atomic E-state index is 12.6. The predicted octanol–water partition coefficient (Wildman–Crippen LogP) is 2.47. The van der Waals surface area contributed by atoms with Crippen molar-refractivity contribution in [1.29, 1.82) is 0 Å². The summed E-state index contributed by atoms with van der Waals surface area (Å²) >= 11 is 0.687. The lowest BCUT2D eigenvalue weighted by Crippen LogP contribution is -2.45. The molecule has 0 bridgehead atoms. The average molecular weight is 442 g/mol. The molecule has 28 heavy (non-hydrogen) atoms. The Bertz CT molecular complexity index is 548. The minimum atomic E-state index is -4.29. The van der Waals surface area contributed by atoms with Crippen molar-refractivity contribution in [3.8, 4) is 0 Å². The molecule has 7 atom stereocenters. The molecule has 0 saturated carbocycles. The fourth-order valence-corrected chi connectivity index (χ4v) is 6.14. The normalized spacial score (nSPS) is 38.4. The van der Waals surface area contributed by atoms with Crippen molar-refractivity contribution >= 4 is 18.2 Å². The van der Waals surface area contributed by atoms with Crippen molar-refractivity contribution in [3.63, 3.8) is 0 Å². The Morgan fingerprint density at radius 1 is 1.21 bits per heavy atom. The lowest BCUT2D eigenvalue weighted by molar-refractivity contribution is -0.261. The van der Waals surface area contributed by atoms with Crippen LogP contribution in [-0.2, 0) is 28.0 Å². The van der Waals surface area contributed by atoms with Gasteiger partial charge in [0.05, 0.1) is 36.6 Å². The molecule has 0 amide bonds. The Labute approximate surface area is 171 Å². The zero-order valence-electron chi connectivity index (χ0n) is 17.5. The van der Waals surface area contributed by atoms with Crippen LogP contribution in [0.3, 0.4) is 0 Å². The van der Waals surface area contributed by atoms with Crippen LogP contribution in [0.25, 0.3) is 0 Å². The fraction of sp³-hybridized carbons (Fsp3) is 1.00. The molecule has 0 aromatic rings. The summed E-state index contributed by atoms with van der Waals surface area (Å²) in [5, 5.41) is 10.7. The van der Waals surface area contributed by atoms with Crippen LogP contribution in [0.1, 0.15) is 54.4 Å². The van der Waals surface area contributed by atoms with Gasteiger partial charge in [0, 0.05) is 18.6 Å². The molecule has 166 valence electrons. The highest BCUT2D eigenvalue weighted by Gasteiger charge is 2.49. The molecule has 0 aliphatic carbocycles. The van der Waals surface area contributed by atoms with E-state index in [4.69, 9.17) is 23.5 Å². The average Bonchev–Trinajstić information content (AvgIpc) is 3.02. The minimum Gasteiger partial charge on any atom is -0.770 e. The van der Waals surface area contributed by atoms with Gasteiger partial charge < -0.3 is 33.5 Å². The standard InChI is InChI=1S/C18H35O8PS/c1-11(2)22-10-18(19)17(8-14(6)25-18)26-27(20,21)28-9-16-15(23-12(3)4)7-13(5)24-16/h11-17,19H,7-10H2,1-6H3,(H,20,21)/p-1. The van der Waals surface area contributed by atoms with Crippen molar-refractivity contribution in [2.45, 2.75) is 103 Å². The molecule has 2 aliphatic heterocycles. The van der Waals surface area contributed by atoms with E-state index in [1.54, 1.807) is 6.92 Å². The van der Waals surface area contributed by atoms with Gasteiger partial charge in [-0.1, -0.05) is 11.4 Å². The van der Waals surface area contributed by atoms with Crippen molar-refractivity contribution in [2.75, 3.05) is 12.4 Å². The second-order valence-corrected chi connectivity index (χ2v) is 12.0. The third-order valence-corrected chi connectivity index (χ3v) is 7.52. The summed E-state index contributed by atoms with van der Waals surface area (Å²) in [6.45, 7) is 6.78. The molecule has 0 spiro atoms. The van der Waals surface area contributed by atoms with Gasteiger partial charge in [-0.3, -0.25) is 4.57 Å². The molecule has 8 nitrogen and oxygen atoms in total. The van der Waals surface area contributed by atoms with Gasteiger partial charge in [-0.25, -0.2) is 0 Å². The summed E-state index contributed by atoms with van der Waals surface area (Å²) in [6, 6.07) is 0. The monoisotopic (exact) mass is 441 g/mol. The first-order valence-electron chi connectivity index (χ1n) is 9.87.